The lowest BCUT2D eigenvalue weighted by Gasteiger charge is -2.23. The molecule has 2 aliphatic rings. The van der Waals surface area contributed by atoms with Crippen molar-refractivity contribution in [2.24, 2.45) is 5.41 Å². The standard InChI is InChI=1S/C15H21ClN2/c1-12-8-14(16)3-2-13(12)9-18-7-5-15(11-18)4-6-17-10-15/h2-3,8,17H,4-7,9-11H2,1H3. The molecule has 0 aliphatic carbocycles. The van der Waals surface area contributed by atoms with Gasteiger partial charge in [0.25, 0.3) is 0 Å². The van der Waals surface area contributed by atoms with Crippen LogP contribution in [-0.4, -0.2) is 31.1 Å². The van der Waals surface area contributed by atoms with Gasteiger partial charge in [0, 0.05) is 24.7 Å². The summed E-state index contributed by atoms with van der Waals surface area (Å²) in [5, 5.41) is 4.36. The van der Waals surface area contributed by atoms with Crippen LogP contribution in [0.3, 0.4) is 0 Å². The Morgan fingerprint density at radius 2 is 2.28 bits per heavy atom. The van der Waals surface area contributed by atoms with Crippen molar-refractivity contribution < 1.29 is 0 Å². The monoisotopic (exact) mass is 264 g/mol. The van der Waals surface area contributed by atoms with Crippen LogP contribution in [0.1, 0.15) is 24.0 Å². The Labute approximate surface area is 114 Å². The molecule has 1 aromatic rings. The minimum absolute atomic E-state index is 0.570. The Balaban J connectivity index is 1.67. The Kier molecular flexibility index (Phi) is 3.35. The first-order valence-electron chi connectivity index (χ1n) is 6.85. The molecule has 2 nitrogen and oxygen atoms in total. The molecule has 0 aromatic heterocycles. The fraction of sp³-hybridized carbons (Fsp3) is 0.600. The van der Waals surface area contributed by atoms with Gasteiger partial charge in [0.2, 0.25) is 0 Å². The van der Waals surface area contributed by atoms with Crippen LogP contribution in [0.25, 0.3) is 0 Å². The van der Waals surface area contributed by atoms with Gasteiger partial charge >= 0.3 is 0 Å². The van der Waals surface area contributed by atoms with Crippen LogP contribution in [0.4, 0.5) is 0 Å². The van der Waals surface area contributed by atoms with Gasteiger partial charge in [0.15, 0.2) is 0 Å². The average molecular weight is 265 g/mol. The minimum atomic E-state index is 0.570. The van der Waals surface area contributed by atoms with E-state index in [1.165, 1.54) is 50.1 Å². The summed E-state index contributed by atoms with van der Waals surface area (Å²) >= 11 is 6.01. The van der Waals surface area contributed by atoms with Crippen LogP contribution >= 0.6 is 11.6 Å². The lowest BCUT2D eigenvalue weighted by atomic mass is 9.86. The molecule has 3 rings (SSSR count). The summed E-state index contributed by atoms with van der Waals surface area (Å²) in [5.74, 6) is 0. The smallest absolute Gasteiger partial charge is 0.0408 e. The van der Waals surface area contributed by atoms with Crippen molar-refractivity contribution in [2.75, 3.05) is 26.2 Å². The van der Waals surface area contributed by atoms with Crippen molar-refractivity contribution in [3.8, 4) is 0 Å². The lowest BCUT2D eigenvalue weighted by Crippen LogP contribution is -2.29. The summed E-state index contributed by atoms with van der Waals surface area (Å²) in [6.45, 7) is 8.14. The number of nitrogens with one attached hydrogen (secondary N) is 1. The van der Waals surface area contributed by atoms with E-state index in [0.717, 1.165) is 11.6 Å². The molecule has 98 valence electrons. The third-order valence-electron chi connectivity index (χ3n) is 4.55. The van der Waals surface area contributed by atoms with Gasteiger partial charge in [-0.3, -0.25) is 4.90 Å². The van der Waals surface area contributed by atoms with Crippen LogP contribution in [0.2, 0.25) is 5.02 Å². The van der Waals surface area contributed by atoms with E-state index in [1.54, 1.807) is 0 Å². The molecule has 1 aromatic carbocycles. The Hall–Kier alpha value is -0.570. The minimum Gasteiger partial charge on any atom is -0.316 e. The van der Waals surface area contributed by atoms with E-state index in [9.17, 15) is 0 Å². The molecular formula is C15H21ClN2. The summed E-state index contributed by atoms with van der Waals surface area (Å²) in [6, 6.07) is 6.25. The summed E-state index contributed by atoms with van der Waals surface area (Å²) in [5.41, 5.74) is 3.30. The summed E-state index contributed by atoms with van der Waals surface area (Å²) in [7, 11) is 0. The molecule has 0 amide bonds. The van der Waals surface area contributed by atoms with Gasteiger partial charge in [-0.1, -0.05) is 17.7 Å². The fourth-order valence-electron chi connectivity index (χ4n) is 3.38. The van der Waals surface area contributed by atoms with Gasteiger partial charge in [-0.15, -0.1) is 0 Å². The summed E-state index contributed by atoms with van der Waals surface area (Å²) < 4.78 is 0. The summed E-state index contributed by atoms with van der Waals surface area (Å²) in [4.78, 5) is 2.60. The number of nitrogens with zero attached hydrogens (tertiary/aromatic N) is 1. The highest BCUT2D eigenvalue weighted by molar-refractivity contribution is 6.30. The first kappa shape index (κ1) is 12.5. The van der Waals surface area contributed by atoms with E-state index >= 15 is 0 Å². The van der Waals surface area contributed by atoms with E-state index in [2.05, 4.69) is 29.3 Å². The highest BCUT2D eigenvalue weighted by Crippen LogP contribution is 2.36. The van der Waals surface area contributed by atoms with Crippen molar-refractivity contribution >= 4 is 11.6 Å². The maximum atomic E-state index is 6.01. The van der Waals surface area contributed by atoms with E-state index in [-0.39, 0.29) is 0 Å². The highest BCUT2D eigenvalue weighted by Gasteiger charge is 2.40. The van der Waals surface area contributed by atoms with Crippen molar-refractivity contribution in [1.82, 2.24) is 10.2 Å². The van der Waals surface area contributed by atoms with Gasteiger partial charge in [-0.2, -0.15) is 0 Å². The number of likely N-dealkylation sites (tertiary alicyclic amines) is 1. The van der Waals surface area contributed by atoms with Crippen molar-refractivity contribution in [1.29, 1.82) is 0 Å². The van der Waals surface area contributed by atoms with Crippen LogP contribution in [-0.2, 0) is 6.54 Å². The topological polar surface area (TPSA) is 15.3 Å². The van der Waals surface area contributed by atoms with Crippen LogP contribution in [0, 0.1) is 12.3 Å². The molecule has 0 radical (unpaired) electrons. The quantitative estimate of drug-likeness (QED) is 0.884. The molecular weight excluding hydrogens is 244 g/mol. The Morgan fingerprint density at radius 1 is 1.39 bits per heavy atom. The molecule has 0 bridgehead atoms. The zero-order valence-electron chi connectivity index (χ0n) is 11.0. The van der Waals surface area contributed by atoms with E-state index < -0.39 is 0 Å². The maximum Gasteiger partial charge on any atom is 0.0408 e. The number of rotatable bonds is 2. The second kappa shape index (κ2) is 4.84. The second-order valence-corrected chi connectivity index (χ2v) is 6.39. The third kappa shape index (κ3) is 2.42. The number of benzene rings is 1. The highest BCUT2D eigenvalue weighted by atomic mass is 35.5. The normalized spacial score (nSPS) is 28.3. The molecule has 0 saturated carbocycles. The molecule has 1 atom stereocenters. The van der Waals surface area contributed by atoms with Crippen LogP contribution in [0.15, 0.2) is 18.2 Å². The van der Waals surface area contributed by atoms with E-state index in [0.29, 0.717) is 5.41 Å². The average Bonchev–Trinajstić information content (AvgIpc) is 2.94. The molecule has 18 heavy (non-hydrogen) atoms. The molecule has 2 heterocycles. The maximum absolute atomic E-state index is 6.01. The van der Waals surface area contributed by atoms with Gasteiger partial charge in [-0.05, 0) is 61.5 Å². The molecule has 1 spiro atoms. The largest absolute Gasteiger partial charge is 0.316 e. The molecule has 1 N–H and O–H groups in total. The zero-order valence-corrected chi connectivity index (χ0v) is 11.8. The third-order valence-corrected chi connectivity index (χ3v) is 4.78. The molecule has 2 aliphatic heterocycles. The first-order chi connectivity index (χ1) is 8.67. The predicted octanol–water partition coefficient (Wildman–Crippen LogP) is 2.83. The Bertz CT molecular complexity index is 438. The summed E-state index contributed by atoms with van der Waals surface area (Å²) in [6.07, 6.45) is 2.70. The lowest BCUT2D eigenvalue weighted by molar-refractivity contribution is 0.268. The van der Waals surface area contributed by atoms with Gasteiger partial charge in [0.1, 0.15) is 0 Å². The van der Waals surface area contributed by atoms with E-state index in [4.69, 9.17) is 11.6 Å². The van der Waals surface area contributed by atoms with Gasteiger partial charge < -0.3 is 5.32 Å². The van der Waals surface area contributed by atoms with Crippen molar-refractivity contribution in [3.05, 3.63) is 34.3 Å². The van der Waals surface area contributed by atoms with Gasteiger partial charge in [-0.25, -0.2) is 0 Å². The number of hydrogen-bond donors (Lipinski definition) is 1. The van der Waals surface area contributed by atoms with Crippen molar-refractivity contribution in [3.63, 3.8) is 0 Å². The SMILES string of the molecule is Cc1cc(Cl)ccc1CN1CCC2(CCNC2)C1. The second-order valence-electron chi connectivity index (χ2n) is 5.96. The zero-order chi connectivity index (χ0) is 12.6. The van der Waals surface area contributed by atoms with Crippen LogP contribution < -0.4 is 5.32 Å². The van der Waals surface area contributed by atoms with Crippen LogP contribution in [0.5, 0.6) is 0 Å². The molecule has 2 fully saturated rings. The predicted molar refractivity (Wildman–Crippen MR) is 76.0 cm³/mol. The number of hydrogen-bond acceptors (Lipinski definition) is 2. The molecule has 2 saturated heterocycles. The number of aryl methyl sites for hydroxylation is 1. The van der Waals surface area contributed by atoms with Crippen molar-refractivity contribution in [2.45, 2.75) is 26.3 Å². The van der Waals surface area contributed by atoms with Gasteiger partial charge in [0.05, 0.1) is 0 Å². The molecule has 3 heteroatoms. The molecule has 1 unspecified atom stereocenters. The fourth-order valence-corrected chi connectivity index (χ4v) is 3.61. The Morgan fingerprint density at radius 3 is 3.00 bits per heavy atom. The number of halogens is 1. The van der Waals surface area contributed by atoms with E-state index in [1.807, 2.05) is 6.07 Å². The first-order valence-corrected chi connectivity index (χ1v) is 7.23.